The van der Waals surface area contributed by atoms with E-state index in [1.54, 1.807) is 22.7 Å². The molecule has 4 aromatic heterocycles. The molecule has 0 bridgehead atoms. The molecule has 3 aromatic carbocycles. The van der Waals surface area contributed by atoms with Crippen LogP contribution in [0.15, 0.2) is 109 Å². The van der Waals surface area contributed by atoms with Gasteiger partial charge < -0.3 is 0 Å². The summed E-state index contributed by atoms with van der Waals surface area (Å²) in [4.78, 5) is 20.2. The maximum absolute atomic E-state index is 4.72. The minimum absolute atomic E-state index is 0.947. The summed E-state index contributed by atoms with van der Waals surface area (Å²) in [5.74, 6) is 0. The predicted molar refractivity (Wildman–Crippen MR) is 150 cm³/mol. The Kier molecular flexibility index (Phi) is 5.12. The SMILES string of the molecule is c1cnc2sc(-c3ccc(-c4ccc(-c5ccc(-c6nc7cccnc7s6)cc5)cc4)cc3)nc2c1. The molecule has 0 aliphatic heterocycles. The first-order valence-electron chi connectivity index (χ1n) is 11.5. The van der Waals surface area contributed by atoms with E-state index in [-0.39, 0.29) is 0 Å². The molecule has 0 unspecified atom stereocenters. The van der Waals surface area contributed by atoms with Gasteiger partial charge in [0.1, 0.15) is 30.7 Å². The molecule has 6 heteroatoms. The van der Waals surface area contributed by atoms with Crippen molar-refractivity contribution in [2.45, 2.75) is 0 Å². The molecule has 0 spiro atoms. The maximum atomic E-state index is 4.72. The van der Waals surface area contributed by atoms with Crippen molar-refractivity contribution in [2.75, 3.05) is 0 Å². The van der Waals surface area contributed by atoms with Gasteiger partial charge in [0.05, 0.1) is 0 Å². The third-order valence-corrected chi connectivity index (χ3v) is 8.20. The first-order chi connectivity index (χ1) is 17.8. The zero-order valence-corrected chi connectivity index (χ0v) is 20.6. The predicted octanol–water partition coefficient (Wildman–Crippen LogP) is 8.36. The number of hydrogen-bond acceptors (Lipinski definition) is 6. The van der Waals surface area contributed by atoms with E-state index in [0.29, 0.717) is 0 Å². The normalized spacial score (nSPS) is 11.3. The van der Waals surface area contributed by atoms with Gasteiger partial charge in [-0.1, -0.05) is 95.5 Å². The Morgan fingerprint density at radius 1 is 0.389 bits per heavy atom. The van der Waals surface area contributed by atoms with Crippen LogP contribution < -0.4 is 0 Å². The molecule has 36 heavy (non-hydrogen) atoms. The van der Waals surface area contributed by atoms with E-state index in [1.165, 1.54) is 22.3 Å². The molecule has 7 aromatic rings. The Balaban J connectivity index is 1.11. The molecule has 4 nitrogen and oxygen atoms in total. The number of rotatable bonds is 4. The van der Waals surface area contributed by atoms with Crippen molar-refractivity contribution in [2.24, 2.45) is 0 Å². The largest absolute Gasteiger partial charge is 0.244 e. The highest BCUT2D eigenvalue weighted by atomic mass is 32.1. The van der Waals surface area contributed by atoms with Crippen LogP contribution in [0.2, 0.25) is 0 Å². The van der Waals surface area contributed by atoms with Crippen LogP contribution >= 0.6 is 22.7 Å². The zero-order chi connectivity index (χ0) is 23.9. The van der Waals surface area contributed by atoms with E-state index < -0.39 is 0 Å². The van der Waals surface area contributed by atoms with Crippen molar-refractivity contribution in [3.05, 3.63) is 109 Å². The smallest absolute Gasteiger partial charge is 0.143 e. The lowest BCUT2D eigenvalue weighted by atomic mass is 9.99. The Bertz CT molecular complexity index is 1610. The summed E-state index contributed by atoms with van der Waals surface area (Å²) in [5.41, 5.74) is 8.87. The van der Waals surface area contributed by atoms with Crippen LogP contribution in [0.3, 0.4) is 0 Å². The van der Waals surface area contributed by atoms with Gasteiger partial charge in [-0.2, -0.15) is 0 Å². The summed E-state index contributed by atoms with van der Waals surface area (Å²) in [6.07, 6.45) is 3.62. The van der Waals surface area contributed by atoms with Gasteiger partial charge in [-0.3, -0.25) is 0 Å². The molecule has 0 amide bonds. The molecule has 7 rings (SSSR count). The molecule has 0 radical (unpaired) electrons. The van der Waals surface area contributed by atoms with Gasteiger partial charge in [-0.05, 0) is 46.5 Å². The summed E-state index contributed by atoms with van der Waals surface area (Å²) in [7, 11) is 0. The van der Waals surface area contributed by atoms with Crippen LogP contribution in [-0.2, 0) is 0 Å². The van der Waals surface area contributed by atoms with E-state index in [1.807, 2.05) is 36.7 Å². The van der Waals surface area contributed by atoms with Gasteiger partial charge in [-0.25, -0.2) is 19.9 Å². The molecule has 0 saturated carbocycles. The molecule has 0 atom stereocenters. The number of nitrogens with zero attached hydrogens (tertiary/aromatic N) is 4. The monoisotopic (exact) mass is 498 g/mol. The molecule has 0 N–H and O–H groups in total. The first kappa shape index (κ1) is 21.1. The lowest BCUT2D eigenvalue weighted by molar-refractivity contribution is 1.40. The van der Waals surface area contributed by atoms with Gasteiger partial charge >= 0.3 is 0 Å². The lowest BCUT2D eigenvalue weighted by Crippen LogP contribution is -1.82. The number of fused-ring (bicyclic) bond motifs is 2. The molecule has 0 aliphatic rings. The summed E-state index contributed by atoms with van der Waals surface area (Å²) >= 11 is 3.25. The number of pyridine rings is 2. The van der Waals surface area contributed by atoms with Crippen LogP contribution in [0.1, 0.15) is 0 Å². The second-order valence-corrected chi connectivity index (χ2v) is 10.4. The molecule has 0 saturated heterocycles. The highest BCUT2D eigenvalue weighted by molar-refractivity contribution is 7.21. The molecular formula is C30H18N4S2. The molecule has 0 fully saturated rings. The minimum Gasteiger partial charge on any atom is -0.244 e. The van der Waals surface area contributed by atoms with E-state index in [4.69, 9.17) is 9.97 Å². The number of hydrogen-bond donors (Lipinski definition) is 0. The third kappa shape index (κ3) is 3.86. The quantitative estimate of drug-likeness (QED) is 0.245. The number of aromatic nitrogens is 4. The average Bonchev–Trinajstić information content (AvgIpc) is 3.58. The fourth-order valence-electron chi connectivity index (χ4n) is 4.25. The molecule has 4 heterocycles. The van der Waals surface area contributed by atoms with Crippen molar-refractivity contribution >= 4 is 43.4 Å². The van der Waals surface area contributed by atoms with E-state index in [2.05, 4.69) is 82.8 Å². The highest BCUT2D eigenvalue weighted by Gasteiger charge is 2.09. The van der Waals surface area contributed by atoms with Gasteiger partial charge in [0.2, 0.25) is 0 Å². The van der Waals surface area contributed by atoms with Crippen molar-refractivity contribution in [3.8, 4) is 43.4 Å². The standard InChI is InChI=1S/C30H18N4S2/c1-3-25-29(31-17-1)35-27(33-25)23-13-9-21(10-14-23)19-5-7-20(8-6-19)22-11-15-24(16-12-22)28-34-26-4-2-18-32-30(26)36-28/h1-18H. The van der Waals surface area contributed by atoms with Crippen LogP contribution in [0.25, 0.3) is 64.1 Å². The highest BCUT2D eigenvalue weighted by Crippen LogP contribution is 2.33. The third-order valence-electron chi connectivity index (χ3n) is 6.15. The van der Waals surface area contributed by atoms with Gasteiger partial charge in [0, 0.05) is 23.5 Å². The van der Waals surface area contributed by atoms with E-state index in [9.17, 15) is 0 Å². The Morgan fingerprint density at radius 2 is 0.722 bits per heavy atom. The van der Waals surface area contributed by atoms with E-state index >= 15 is 0 Å². The second kappa shape index (κ2) is 8.75. The maximum Gasteiger partial charge on any atom is 0.143 e. The van der Waals surface area contributed by atoms with Crippen molar-refractivity contribution in [3.63, 3.8) is 0 Å². The van der Waals surface area contributed by atoms with Crippen LogP contribution in [-0.4, -0.2) is 19.9 Å². The summed E-state index contributed by atoms with van der Waals surface area (Å²) < 4.78 is 0. The van der Waals surface area contributed by atoms with Crippen LogP contribution in [0.4, 0.5) is 0 Å². The average molecular weight is 499 g/mol. The van der Waals surface area contributed by atoms with E-state index in [0.717, 1.165) is 41.8 Å². The van der Waals surface area contributed by atoms with Crippen molar-refractivity contribution in [1.82, 2.24) is 19.9 Å². The molecule has 0 aliphatic carbocycles. The van der Waals surface area contributed by atoms with Gasteiger partial charge in [0.15, 0.2) is 0 Å². The van der Waals surface area contributed by atoms with Gasteiger partial charge in [-0.15, -0.1) is 0 Å². The molecular weight excluding hydrogens is 480 g/mol. The minimum atomic E-state index is 0.947. The summed E-state index contributed by atoms with van der Waals surface area (Å²) in [5, 5.41) is 1.99. The Labute approximate surface area is 215 Å². The molecule has 170 valence electrons. The fraction of sp³-hybridized carbons (Fsp3) is 0. The van der Waals surface area contributed by atoms with Crippen molar-refractivity contribution in [1.29, 1.82) is 0 Å². The Morgan fingerprint density at radius 3 is 1.06 bits per heavy atom. The number of benzene rings is 3. The summed E-state index contributed by atoms with van der Waals surface area (Å²) in [6.45, 7) is 0. The fourth-order valence-corrected chi connectivity index (χ4v) is 6.08. The van der Waals surface area contributed by atoms with Crippen molar-refractivity contribution < 1.29 is 0 Å². The Hall–Kier alpha value is -4.26. The summed E-state index contributed by atoms with van der Waals surface area (Å²) in [6, 6.07) is 33.8. The van der Waals surface area contributed by atoms with Gasteiger partial charge in [0.25, 0.3) is 0 Å². The topological polar surface area (TPSA) is 51.6 Å². The van der Waals surface area contributed by atoms with Crippen LogP contribution in [0, 0.1) is 0 Å². The zero-order valence-electron chi connectivity index (χ0n) is 19.0. The number of thiazole rings is 2. The second-order valence-electron chi connectivity index (χ2n) is 8.43. The first-order valence-corrected chi connectivity index (χ1v) is 13.2. The van der Waals surface area contributed by atoms with Crippen LogP contribution in [0.5, 0.6) is 0 Å². The lowest BCUT2D eigenvalue weighted by Gasteiger charge is -2.07.